The fourth-order valence-corrected chi connectivity index (χ4v) is 5.46. The molecule has 10 heteroatoms. The first kappa shape index (κ1) is 29.7. The second-order valence-corrected chi connectivity index (χ2v) is 11.5. The molecule has 0 radical (unpaired) electrons. The number of aromatic nitrogens is 2. The fourth-order valence-electron chi connectivity index (χ4n) is 5.46. The Bertz CT molecular complexity index is 1330. The number of nitrogens with zero attached hydrogens (tertiary/aromatic N) is 3. The van der Waals surface area contributed by atoms with Gasteiger partial charge in [0.2, 0.25) is 5.88 Å². The first-order chi connectivity index (χ1) is 20.4. The summed E-state index contributed by atoms with van der Waals surface area (Å²) in [5.41, 5.74) is 2.88. The van der Waals surface area contributed by atoms with E-state index in [1.54, 1.807) is 6.20 Å². The van der Waals surface area contributed by atoms with Crippen molar-refractivity contribution in [2.45, 2.75) is 38.2 Å². The first-order valence-electron chi connectivity index (χ1n) is 14.9. The minimum absolute atomic E-state index is 0.103. The van der Waals surface area contributed by atoms with Crippen LogP contribution in [0.5, 0.6) is 5.88 Å². The highest BCUT2D eigenvalue weighted by Gasteiger charge is 2.24. The minimum Gasteiger partial charge on any atom is -0.476 e. The summed E-state index contributed by atoms with van der Waals surface area (Å²) in [7, 11) is 4.00. The number of ether oxygens (including phenoxy) is 3. The second-order valence-electron chi connectivity index (χ2n) is 11.5. The third-order valence-electron chi connectivity index (χ3n) is 8.00. The molecule has 42 heavy (non-hydrogen) atoms. The number of carbonyl (C=O) groups excluding carboxylic acids is 2. The van der Waals surface area contributed by atoms with Crippen molar-refractivity contribution in [2.24, 2.45) is 11.8 Å². The molecule has 0 spiro atoms. The van der Waals surface area contributed by atoms with Gasteiger partial charge < -0.3 is 29.7 Å². The van der Waals surface area contributed by atoms with E-state index in [0.29, 0.717) is 61.9 Å². The molecule has 3 aromatic rings. The Morgan fingerprint density at radius 2 is 1.76 bits per heavy atom. The predicted octanol–water partition coefficient (Wildman–Crippen LogP) is 4.29. The van der Waals surface area contributed by atoms with Crippen molar-refractivity contribution < 1.29 is 23.8 Å². The van der Waals surface area contributed by atoms with Gasteiger partial charge >= 0.3 is 6.09 Å². The van der Waals surface area contributed by atoms with Crippen molar-refractivity contribution in [3.8, 4) is 17.1 Å². The van der Waals surface area contributed by atoms with Gasteiger partial charge in [0.15, 0.2) is 0 Å². The molecular weight excluding hydrogens is 534 g/mol. The van der Waals surface area contributed by atoms with Crippen molar-refractivity contribution in [2.75, 3.05) is 53.6 Å². The molecule has 1 saturated heterocycles. The van der Waals surface area contributed by atoms with Gasteiger partial charge in [0, 0.05) is 49.3 Å². The summed E-state index contributed by atoms with van der Waals surface area (Å²) >= 11 is 0. The molecule has 2 aromatic heterocycles. The van der Waals surface area contributed by atoms with Crippen LogP contribution in [0.2, 0.25) is 0 Å². The van der Waals surface area contributed by atoms with E-state index < -0.39 is 0 Å². The van der Waals surface area contributed by atoms with Gasteiger partial charge in [0.25, 0.3) is 5.91 Å². The Morgan fingerprint density at radius 3 is 2.45 bits per heavy atom. The van der Waals surface area contributed by atoms with Crippen LogP contribution >= 0.6 is 0 Å². The predicted molar refractivity (Wildman–Crippen MR) is 161 cm³/mol. The van der Waals surface area contributed by atoms with Gasteiger partial charge in [-0.2, -0.15) is 0 Å². The van der Waals surface area contributed by atoms with Gasteiger partial charge in [-0.05, 0) is 69.8 Å². The Balaban J connectivity index is 1.14. The third kappa shape index (κ3) is 8.17. The summed E-state index contributed by atoms with van der Waals surface area (Å²) in [6.45, 7) is 3.74. The van der Waals surface area contributed by atoms with Crippen LogP contribution in [0.25, 0.3) is 22.2 Å². The van der Waals surface area contributed by atoms with Gasteiger partial charge in [-0.15, -0.1) is 0 Å². The van der Waals surface area contributed by atoms with Gasteiger partial charge in [0.1, 0.15) is 12.7 Å². The number of hydrogen-bond donors (Lipinski definition) is 2. The van der Waals surface area contributed by atoms with Gasteiger partial charge in [-0.1, -0.05) is 18.2 Å². The Morgan fingerprint density at radius 1 is 1.00 bits per heavy atom. The standard InChI is InChI=1S/C32H41N5O5/c1-37(2)14-16-41-30-12-11-24(20-33-30)29-17-27(26-5-3-4-6-28(26)36-29)31(38)34-18-22-7-9-23(10-8-22)19-35-32(39)42-25-13-15-40-21-25/h3-6,11-12,17,20,22-23,25H,7-10,13-16,18-19,21H2,1-2H3,(H,34,38)(H,35,39)/t22?,23?,25-/m0/s1. The summed E-state index contributed by atoms with van der Waals surface area (Å²) in [4.78, 5) is 36.8. The van der Waals surface area contributed by atoms with Crippen LogP contribution in [-0.2, 0) is 9.47 Å². The molecule has 1 atom stereocenters. The molecule has 1 aromatic carbocycles. The number of fused-ring (bicyclic) bond motifs is 1. The van der Waals surface area contributed by atoms with Gasteiger partial charge in [-0.3, -0.25) is 4.79 Å². The molecule has 1 aliphatic carbocycles. The molecule has 1 aliphatic heterocycles. The number of rotatable bonds is 11. The van der Waals surface area contributed by atoms with Crippen LogP contribution < -0.4 is 15.4 Å². The van der Waals surface area contributed by atoms with Gasteiger partial charge in [0.05, 0.1) is 30.0 Å². The summed E-state index contributed by atoms with van der Waals surface area (Å²) in [5, 5.41) is 6.91. The normalized spacial score (nSPS) is 20.4. The summed E-state index contributed by atoms with van der Waals surface area (Å²) < 4.78 is 16.4. The van der Waals surface area contributed by atoms with Crippen LogP contribution in [0, 0.1) is 11.8 Å². The van der Waals surface area contributed by atoms with Crippen molar-refractivity contribution in [3.05, 3.63) is 54.2 Å². The number of para-hydroxylation sites is 1. The van der Waals surface area contributed by atoms with E-state index in [1.807, 2.05) is 56.6 Å². The van der Waals surface area contributed by atoms with E-state index in [4.69, 9.17) is 19.2 Å². The first-order valence-corrected chi connectivity index (χ1v) is 14.9. The average Bonchev–Trinajstić information content (AvgIpc) is 3.52. The van der Waals surface area contributed by atoms with Crippen molar-refractivity contribution in [3.63, 3.8) is 0 Å². The molecule has 0 unspecified atom stereocenters. The maximum atomic E-state index is 13.4. The largest absolute Gasteiger partial charge is 0.476 e. The maximum Gasteiger partial charge on any atom is 0.407 e. The molecule has 5 rings (SSSR count). The van der Waals surface area contributed by atoms with E-state index in [2.05, 4.69) is 20.5 Å². The number of benzene rings is 1. The molecule has 0 bridgehead atoms. The minimum atomic E-state index is -0.358. The Hall–Kier alpha value is -3.76. The number of hydrogen-bond acceptors (Lipinski definition) is 8. The Kier molecular flexibility index (Phi) is 10.2. The SMILES string of the molecule is CN(C)CCOc1ccc(-c2cc(C(=O)NCC3CCC(CNC(=O)O[C@H]4CCOC4)CC3)c3ccccc3n2)cn1. The quantitative estimate of drug-likeness (QED) is 0.348. The zero-order chi connectivity index (χ0) is 29.3. The lowest BCUT2D eigenvalue weighted by atomic mass is 9.82. The molecule has 3 heterocycles. The van der Waals surface area contributed by atoms with Gasteiger partial charge in [-0.25, -0.2) is 14.8 Å². The monoisotopic (exact) mass is 575 g/mol. The number of amides is 2. The van der Waals surface area contributed by atoms with Crippen molar-refractivity contribution in [1.29, 1.82) is 0 Å². The zero-order valence-corrected chi connectivity index (χ0v) is 24.5. The van der Waals surface area contributed by atoms with Crippen molar-refractivity contribution >= 4 is 22.9 Å². The summed E-state index contributed by atoms with van der Waals surface area (Å²) in [6.07, 6.45) is 6.05. The van der Waals surface area contributed by atoms with Crippen LogP contribution in [0.3, 0.4) is 0 Å². The lowest BCUT2D eigenvalue weighted by molar-refractivity contribution is 0.0813. The third-order valence-corrected chi connectivity index (χ3v) is 8.00. The van der Waals surface area contributed by atoms with Crippen LogP contribution in [-0.4, -0.2) is 86.5 Å². The molecule has 224 valence electrons. The number of alkyl carbamates (subject to hydrolysis) is 1. The highest BCUT2D eigenvalue weighted by molar-refractivity contribution is 6.07. The van der Waals surface area contributed by atoms with Crippen LogP contribution in [0.15, 0.2) is 48.7 Å². The smallest absolute Gasteiger partial charge is 0.407 e. The molecule has 1 saturated carbocycles. The highest BCUT2D eigenvalue weighted by atomic mass is 16.6. The molecular formula is C32H41N5O5. The summed E-state index contributed by atoms with van der Waals surface area (Å²) in [5.74, 6) is 1.29. The second kappa shape index (κ2) is 14.4. The number of nitrogens with one attached hydrogen (secondary N) is 2. The fraction of sp³-hybridized carbons (Fsp3) is 0.500. The van der Waals surface area contributed by atoms with Crippen LogP contribution in [0.4, 0.5) is 4.79 Å². The Labute approximate surface area is 247 Å². The van der Waals surface area contributed by atoms with E-state index in [9.17, 15) is 9.59 Å². The van der Waals surface area contributed by atoms with E-state index in [-0.39, 0.29) is 18.1 Å². The number of pyridine rings is 2. The maximum absolute atomic E-state index is 13.4. The highest BCUT2D eigenvalue weighted by Crippen LogP contribution is 2.29. The van der Waals surface area contributed by atoms with E-state index in [1.165, 1.54) is 0 Å². The summed E-state index contributed by atoms with van der Waals surface area (Å²) in [6, 6.07) is 13.3. The molecule has 2 N–H and O–H groups in total. The van der Waals surface area contributed by atoms with E-state index >= 15 is 0 Å². The number of likely N-dealkylation sites (N-methyl/N-ethyl adjacent to an activating group) is 1. The lowest BCUT2D eigenvalue weighted by Crippen LogP contribution is -2.36. The van der Waals surface area contributed by atoms with Crippen molar-refractivity contribution in [1.82, 2.24) is 25.5 Å². The number of carbonyl (C=O) groups is 2. The zero-order valence-electron chi connectivity index (χ0n) is 24.5. The molecule has 2 aliphatic rings. The molecule has 10 nitrogen and oxygen atoms in total. The topological polar surface area (TPSA) is 115 Å². The molecule has 2 fully saturated rings. The average molecular weight is 576 g/mol. The van der Waals surface area contributed by atoms with Crippen LogP contribution in [0.1, 0.15) is 42.5 Å². The molecule has 2 amide bonds. The van der Waals surface area contributed by atoms with E-state index in [0.717, 1.165) is 55.1 Å². The lowest BCUT2D eigenvalue weighted by Gasteiger charge is -2.28.